The van der Waals surface area contributed by atoms with Crippen molar-refractivity contribution in [2.75, 3.05) is 72.2 Å². The van der Waals surface area contributed by atoms with Crippen molar-refractivity contribution in [2.45, 2.75) is 40.2 Å². The van der Waals surface area contributed by atoms with Crippen LogP contribution in [0.1, 0.15) is 34.1 Å². The summed E-state index contributed by atoms with van der Waals surface area (Å²) in [6.07, 6.45) is 1.25. The molecule has 5 heteroatoms. The normalized spacial score (nSPS) is 18.7. The zero-order valence-electron chi connectivity index (χ0n) is 15.9. The zero-order valence-corrected chi connectivity index (χ0v) is 15.9. The third-order valence-electron chi connectivity index (χ3n) is 4.52. The third kappa shape index (κ3) is 10.3. The SMILES string of the molecule is CCC(C)N1CCN(CCOCCOCCNCC(C)C)CC1. The maximum atomic E-state index is 5.68. The summed E-state index contributed by atoms with van der Waals surface area (Å²) in [5.74, 6) is 0.699. The summed E-state index contributed by atoms with van der Waals surface area (Å²) >= 11 is 0. The minimum absolute atomic E-state index is 0.699. The number of hydrogen-bond donors (Lipinski definition) is 1. The van der Waals surface area contributed by atoms with E-state index in [1.807, 2.05) is 0 Å². The van der Waals surface area contributed by atoms with Crippen LogP contribution in [0.15, 0.2) is 0 Å². The summed E-state index contributed by atoms with van der Waals surface area (Å²) in [5.41, 5.74) is 0. The fourth-order valence-electron chi connectivity index (χ4n) is 2.74. The molecule has 0 aliphatic carbocycles. The van der Waals surface area contributed by atoms with Crippen molar-refractivity contribution in [1.29, 1.82) is 0 Å². The lowest BCUT2D eigenvalue weighted by Gasteiger charge is -2.37. The molecule has 0 aromatic heterocycles. The van der Waals surface area contributed by atoms with E-state index >= 15 is 0 Å². The highest BCUT2D eigenvalue weighted by molar-refractivity contribution is 4.75. The molecule has 1 atom stereocenters. The third-order valence-corrected chi connectivity index (χ3v) is 4.52. The average molecular weight is 330 g/mol. The molecule has 0 spiro atoms. The van der Waals surface area contributed by atoms with Crippen molar-refractivity contribution < 1.29 is 9.47 Å². The summed E-state index contributed by atoms with van der Waals surface area (Å²) in [6.45, 7) is 19.8. The van der Waals surface area contributed by atoms with Crippen LogP contribution in [-0.4, -0.2) is 88.1 Å². The van der Waals surface area contributed by atoms with E-state index in [2.05, 4.69) is 42.8 Å². The van der Waals surface area contributed by atoms with Gasteiger partial charge >= 0.3 is 0 Å². The van der Waals surface area contributed by atoms with E-state index in [1.54, 1.807) is 0 Å². The number of nitrogens with zero attached hydrogens (tertiary/aromatic N) is 2. The molecule has 138 valence electrons. The van der Waals surface area contributed by atoms with Gasteiger partial charge in [0.1, 0.15) is 0 Å². The number of ether oxygens (including phenoxy) is 2. The van der Waals surface area contributed by atoms with Crippen molar-refractivity contribution in [2.24, 2.45) is 5.92 Å². The van der Waals surface area contributed by atoms with Crippen molar-refractivity contribution in [3.05, 3.63) is 0 Å². The molecule has 1 heterocycles. The molecular weight excluding hydrogens is 290 g/mol. The maximum Gasteiger partial charge on any atom is 0.0701 e. The Labute approximate surface area is 143 Å². The molecule has 1 aliphatic heterocycles. The van der Waals surface area contributed by atoms with E-state index in [0.717, 1.165) is 38.9 Å². The Balaban J connectivity index is 1.85. The molecule has 23 heavy (non-hydrogen) atoms. The molecule has 0 bridgehead atoms. The molecule has 1 N–H and O–H groups in total. The Kier molecular flexibility index (Phi) is 11.9. The van der Waals surface area contributed by atoms with Crippen LogP contribution >= 0.6 is 0 Å². The topological polar surface area (TPSA) is 37.0 Å². The van der Waals surface area contributed by atoms with Crippen molar-refractivity contribution in [1.82, 2.24) is 15.1 Å². The summed E-state index contributed by atoms with van der Waals surface area (Å²) in [7, 11) is 0. The molecular formula is C18H39N3O2. The molecule has 1 fully saturated rings. The summed E-state index contributed by atoms with van der Waals surface area (Å²) in [5, 5.41) is 3.37. The molecule has 1 saturated heterocycles. The smallest absolute Gasteiger partial charge is 0.0701 e. The maximum absolute atomic E-state index is 5.68. The summed E-state index contributed by atoms with van der Waals surface area (Å²) in [4.78, 5) is 5.11. The van der Waals surface area contributed by atoms with Crippen LogP contribution in [0.5, 0.6) is 0 Å². The van der Waals surface area contributed by atoms with E-state index in [4.69, 9.17) is 9.47 Å². The monoisotopic (exact) mass is 329 g/mol. The van der Waals surface area contributed by atoms with E-state index in [1.165, 1.54) is 32.6 Å². The van der Waals surface area contributed by atoms with Crippen LogP contribution < -0.4 is 5.32 Å². The van der Waals surface area contributed by atoms with Crippen LogP contribution in [0.25, 0.3) is 0 Å². The summed E-state index contributed by atoms with van der Waals surface area (Å²) < 4.78 is 11.2. The minimum Gasteiger partial charge on any atom is -0.378 e. The first kappa shape index (κ1) is 20.8. The Morgan fingerprint density at radius 2 is 1.57 bits per heavy atom. The fraction of sp³-hybridized carbons (Fsp3) is 1.00. The predicted molar refractivity (Wildman–Crippen MR) is 97.1 cm³/mol. The van der Waals surface area contributed by atoms with Crippen molar-refractivity contribution in [3.63, 3.8) is 0 Å². The largest absolute Gasteiger partial charge is 0.378 e. The lowest BCUT2D eigenvalue weighted by Crippen LogP contribution is -2.50. The van der Waals surface area contributed by atoms with Gasteiger partial charge in [-0.2, -0.15) is 0 Å². The Hall–Kier alpha value is -0.200. The average Bonchev–Trinajstić information content (AvgIpc) is 2.56. The van der Waals surface area contributed by atoms with Gasteiger partial charge in [-0.25, -0.2) is 0 Å². The molecule has 1 rings (SSSR count). The van der Waals surface area contributed by atoms with Gasteiger partial charge in [0.05, 0.1) is 26.4 Å². The fourth-order valence-corrected chi connectivity index (χ4v) is 2.74. The number of nitrogens with one attached hydrogen (secondary N) is 1. The van der Waals surface area contributed by atoms with Crippen molar-refractivity contribution >= 4 is 0 Å². The quantitative estimate of drug-likeness (QED) is 0.520. The molecule has 0 amide bonds. The lowest BCUT2D eigenvalue weighted by molar-refractivity contribution is 0.0292. The van der Waals surface area contributed by atoms with Gasteiger partial charge in [0.25, 0.3) is 0 Å². The van der Waals surface area contributed by atoms with Gasteiger partial charge in [0.15, 0.2) is 0 Å². The van der Waals surface area contributed by atoms with Crippen LogP contribution in [0.3, 0.4) is 0 Å². The molecule has 1 unspecified atom stereocenters. The molecule has 0 radical (unpaired) electrons. The molecule has 0 aromatic carbocycles. The molecule has 0 saturated carbocycles. The second kappa shape index (κ2) is 13.1. The lowest BCUT2D eigenvalue weighted by atomic mass is 10.2. The van der Waals surface area contributed by atoms with Crippen LogP contribution in [0.4, 0.5) is 0 Å². The molecule has 0 aromatic rings. The second-order valence-electron chi connectivity index (χ2n) is 6.96. The zero-order chi connectivity index (χ0) is 16.9. The standard InChI is InChI=1S/C18H39N3O2/c1-5-18(4)21-9-7-20(8-10-21)11-13-23-15-14-22-12-6-19-16-17(2)3/h17-19H,5-16H2,1-4H3. The minimum atomic E-state index is 0.699. The van der Waals surface area contributed by atoms with Gasteiger partial charge in [-0.1, -0.05) is 20.8 Å². The Morgan fingerprint density at radius 1 is 0.913 bits per heavy atom. The van der Waals surface area contributed by atoms with Gasteiger partial charge < -0.3 is 14.8 Å². The van der Waals surface area contributed by atoms with Crippen molar-refractivity contribution in [3.8, 4) is 0 Å². The van der Waals surface area contributed by atoms with Crippen LogP contribution in [-0.2, 0) is 9.47 Å². The van der Waals surface area contributed by atoms with E-state index < -0.39 is 0 Å². The first-order chi connectivity index (χ1) is 11.1. The predicted octanol–water partition coefficient (Wildman–Crippen LogP) is 1.68. The van der Waals surface area contributed by atoms with E-state index in [9.17, 15) is 0 Å². The van der Waals surface area contributed by atoms with Gasteiger partial charge in [-0.05, 0) is 25.8 Å². The number of rotatable bonds is 13. The van der Waals surface area contributed by atoms with E-state index in [0.29, 0.717) is 19.1 Å². The Morgan fingerprint density at radius 3 is 2.17 bits per heavy atom. The number of hydrogen-bond acceptors (Lipinski definition) is 5. The highest BCUT2D eigenvalue weighted by Gasteiger charge is 2.19. The van der Waals surface area contributed by atoms with E-state index in [-0.39, 0.29) is 0 Å². The second-order valence-corrected chi connectivity index (χ2v) is 6.96. The highest BCUT2D eigenvalue weighted by atomic mass is 16.5. The first-order valence-corrected chi connectivity index (χ1v) is 9.46. The molecule has 1 aliphatic rings. The van der Waals surface area contributed by atoms with Crippen LogP contribution in [0.2, 0.25) is 0 Å². The number of piperazine rings is 1. The van der Waals surface area contributed by atoms with Gasteiger partial charge in [-0.15, -0.1) is 0 Å². The first-order valence-electron chi connectivity index (χ1n) is 9.46. The van der Waals surface area contributed by atoms with Crippen LogP contribution in [0, 0.1) is 5.92 Å². The van der Waals surface area contributed by atoms with Gasteiger partial charge in [0.2, 0.25) is 0 Å². The highest BCUT2D eigenvalue weighted by Crippen LogP contribution is 2.08. The van der Waals surface area contributed by atoms with Gasteiger partial charge in [-0.3, -0.25) is 9.80 Å². The molecule has 5 nitrogen and oxygen atoms in total. The Bertz CT molecular complexity index is 269. The van der Waals surface area contributed by atoms with Gasteiger partial charge in [0, 0.05) is 45.3 Å². The summed E-state index contributed by atoms with van der Waals surface area (Å²) in [6, 6.07) is 0.723.